The van der Waals surface area contributed by atoms with Gasteiger partial charge in [0.2, 0.25) is 5.91 Å². The van der Waals surface area contributed by atoms with Crippen molar-refractivity contribution in [1.82, 2.24) is 9.88 Å². The lowest BCUT2D eigenvalue weighted by Crippen LogP contribution is -2.53. The lowest BCUT2D eigenvalue weighted by molar-refractivity contribution is -0.144. The maximum atomic E-state index is 12.9. The van der Waals surface area contributed by atoms with Crippen LogP contribution >= 0.6 is 11.3 Å². The molecule has 3 rings (SSSR count). The monoisotopic (exact) mass is 379 g/mol. The van der Waals surface area contributed by atoms with E-state index in [1.54, 1.807) is 11.3 Å². The number of rotatable bonds is 4. The number of fused-ring (bicyclic) bond motifs is 2. The van der Waals surface area contributed by atoms with Crippen LogP contribution in [0.5, 0.6) is 0 Å². The van der Waals surface area contributed by atoms with Crippen molar-refractivity contribution in [2.75, 3.05) is 18.8 Å². The Labute approximate surface area is 161 Å². The molecule has 1 aromatic rings. The van der Waals surface area contributed by atoms with Crippen LogP contribution in [0.3, 0.4) is 0 Å². The van der Waals surface area contributed by atoms with E-state index in [2.05, 4.69) is 18.8 Å². The largest absolute Gasteiger partial charge is 0.392 e. The molecule has 6 atom stereocenters. The van der Waals surface area contributed by atoms with Gasteiger partial charge in [0.25, 0.3) is 0 Å². The van der Waals surface area contributed by atoms with E-state index in [1.165, 1.54) is 4.88 Å². The number of aromatic nitrogens is 1. The number of carbonyl (C=O) groups is 1. The summed E-state index contributed by atoms with van der Waals surface area (Å²) in [6.45, 7) is 11.9. The van der Waals surface area contributed by atoms with Gasteiger partial charge in [0.15, 0.2) is 5.13 Å². The number of aliphatic hydroxyl groups is 1. The molecule has 1 heterocycles. The number of nitrogens with two attached hydrogens (primary N) is 1. The zero-order valence-electron chi connectivity index (χ0n) is 16.7. The highest BCUT2D eigenvalue weighted by Crippen LogP contribution is 2.57. The molecule has 0 saturated heterocycles. The molecule has 1 saturated carbocycles. The zero-order valence-corrected chi connectivity index (χ0v) is 17.5. The van der Waals surface area contributed by atoms with Crippen molar-refractivity contribution in [2.24, 2.45) is 23.2 Å². The van der Waals surface area contributed by atoms with Crippen LogP contribution in [0.15, 0.2) is 0 Å². The molecule has 6 unspecified atom stereocenters. The summed E-state index contributed by atoms with van der Waals surface area (Å²) in [6, 6.07) is 0. The smallest absolute Gasteiger partial charge is 0.225 e. The first kappa shape index (κ1) is 19.6. The van der Waals surface area contributed by atoms with Crippen molar-refractivity contribution in [1.29, 1.82) is 0 Å². The van der Waals surface area contributed by atoms with Crippen LogP contribution in [0, 0.1) is 23.2 Å². The molecular formula is C20H33N3O2S. The minimum atomic E-state index is -0.477. The lowest BCUT2D eigenvalue weighted by Gasteiger charge is -2.53. The van der Waals surface area contributed by atoms with Crippen molar-refractivity contribution in [3.63, 3.8) is 0 Å². The Hall–Kier alpha value is -1.14. The number of amides is 1. The number of aliphatic hydroxyl groups excluding tert-OH is 1. The molecule has 146 valence electrons. The third-order valence-electron chi connectivity index (χ3n) is 7.05. The Balaban J connectivity index is 1.87. The van der Waals surface area contributed by atoms with E-state index < -0.39 is 6.10 Å². The SMILES string of the molecule is CCN(CC)C(=O)C(C)C1CCC2(C)Cc3sc(N)nc3C(C)C2C1O. The van der Waals surface area contributed by atoms with Crippen molar-refractivity contribution >= 4 is 22.4 Å². The topological polar surface area (TPSA) is 79.5 Å². The van der Waals surface area contributed by atoms with E-state index in [0.29, 0.717) is 5.13 Å². The van der Waals surface area contributed by atoms with Crippen LogP contribution in [-0.4, -0.2) is 40.1 Å². The Morgan fingerprint density at radius 2 is 2.12 bits per heavy atom. The summed E-state index contributed by atoms with van der Waals surface area (Å²) in [7, 11) is 0. The highest BCUT2D eigenvalue weighted by atomic mass is 32.1. The second-order valence-corrected chi connectivity index (χ2v) is 9.61. The van der Waals surface area contributed by atoms with E-state index in [-0.39, 0.29) is 35.0 Å². The standard InChI is InChI=1S/C20H33N3O2S/c1-6-23(7-2)18(25)11(3)13-8-9-20(5)10-14-16(22-19(21)26-14)12(4)15(20)17(13)24/h11-13,15,17,24H,6-10H2,1-5H3,(H2,21,22). The van der Waals surface area contributed by atoms with Crippen molar-refractivity contribution in [2.45, 2.75) is 65.9 Å². The molecule has 0 aromatic carbocycles. The summed E-state index contributed by atoms with van der Waals surface area (Å²) in [5, 5.41) is 12.0. The Morgan fingerprint density at radius 3 is 2.73 bits per heavy atom. The van der Waals surface area contributed by atoms with E-state index >= 15 is 0 Å². The minimum absolute atomic E-state index is 0.0150. The molecule has 5 nitrogen and oxygen atoms in total. The summed E-state index contributed by atoms with van der Waals surface area (Å²) in [6.07, 6.45) is 2.40. The van der Waals surface area contributed by atoms with E-state index in [0.717, 1.165) is 38.0 Å². The number of nitrogen functional groups attached to an aromatic ring is 1. The van der Waals surface area contributed by atoms with Gasteiger partial charge in [-0.1, -0.05) is 20.8 Å². The number of thiazole rings is 1. The van der Waals surface area contributed by atoms with Crippen LogP contribution in [0.2, 0.25) is 0 Å². The molecule has 6 heteroatoms. The van der Waals surface area contributed by atoms with Gasteiger partial charge in [-0.15, -0.1) is 11.3 Å². The number of carbonyl (C=O) groups excluding carboxylic acids is 1. The molecule has 1 aromatic heterocycles. The van der Waals surface area contributed by atoms with Gasteiger partial charge < -0.3 is 15.7 Å². The van der Waals surface area contributed by atoms with Gasteiger partial charge in [0.1, 0.15) is 0 Å². The molecule has 0 aliphatic heterocycles. The lowest BCUT2D eigenvalue weighted by atomic mass is 9.53. The predicted octanol–water partition coefficient (Wildman–Crippen LogP) is 3.28. The summed E-state index contributed by atoms with van der Waals surface area (Å²) < 4.78 is 0. The number of hydrogen-bond donors (Lipinski definition) is 2. The molecule has 0 spiro atoms. The summed E-state index contributed by atoms with van der Waals surface area (Å²) in [4.78, 5) is 20.6. The zero-order chi connectivity index (χ0) is 19.2. The highest BCUT2D eigenvalue weighted by Gasteiger charge is 2.54. The van der Waals surface area contributed by atoms with Crippen molar-refractivity contribution in [3.05, 3.63) is 10.6 Å². The molecule has 26 heavy (non-hydrogen) atoms. The fourth-order valence-corrected chi connectivity index (χ4v) is 6.71. The van der Waals surface area contributed by atoms with Gasteiger partial charge in [0, 0.05) is 29.8 Å². The maximum Gasteiger partial charge on any atom is 0.225 e. The Morgan fingerprint density at radius 1 is 1.46 bits per heavy atom. The average Bonchev–Trinajstić information content (AvgIpc) is 2.95. The van der Waals surface area contributed by atoms with Gasteiger partial charge in [-0.05, 0) is 50.4 Å². The Kier molecular flexibility index (Phi) is 5.37. The molecule has 0 radical (unpaired) electrons. The fraction of sp³-hybridized carbons (Fsp3) is 0.800. The molecule has 1 amide bonds. The molecule has 2 aliphatic carbocycles. The van der Waals surface area contributed by atoms with Crippen LogP contribution in [0.25, 0.3) is 0 Å². The predicted molar refractivity (Wildman–Crippen MR) is 106 cm³/mol. The van der Waals surface area contributed by atoms with E-state index in [9.17, 15) is 9.90 Å². The first-order valence-corrected chi connectivity index (χ1v) is 10.8. The van der Waals surface area contributed by atoms with Gasteiger partial charge in [-0.2, -0.15) is 0 Å². The minimum Gasteiger partial charge on any atom is -0.392 e. The van der Waals surface area contributed by atoms with E-state index in [1.807, 2.05) is 25.7 Å². The summed E-state index contributed by atoms with van der Waals surface area (Å²) in [5.41, 5.74) is 7.08. The highest BCUT2D eigenvalue weighted by molar-refractivity contribution is 7.15. The number of hydrogen-bond acceptors (Lipinski definition) is 5. The first-order chi connectivity index (χ1) is 12.2. The molecular weight excluding hydrogens is 346 g/mol. The fourth-order valence-electron chi connectivity index (χ4n) is 5.57. The van der Waals surface area contributed by atoms with Gasteiger partial charge >= 0.3 is 0 Å². The second-order valence-electron chi connectivity index (χ2n) is 8.50. The molecule has 0 bridgehead atoms. The van der Waals surface area contributed by atoms with Crippen molar-refractivity contribution < 1.29 is 9.90 Å². The number of nitrogens with zero attached hydrogens (tertiary/aromatic N) is 2. The van der Waals surface area contributed by atoms with Crippen LogP contribution in [0.4, 0.5) is 5.13 Å². The van der Waals surface area contributed by atoms with Crippen LogP contribution in [-0.2, 0) is 11.2 Å². The molecule has 1 fully saturated rings. The van der Waals surface area contributed by atoms with Crippen LogP contribution < -0.4 is 5.73 Å². The molecule has 2 aliphatic rings. The normalized spacial score (nSPS) is 34.7. The van der Waals surface area contributed by atoms with Gasteiger partial charge in [0.05, 0.1) is 11.8 Å². The third kappa shape index (κ3) is 3.05. The summed E-state index contributed by atoms with van der Waals surface area (Å²) >= 11 is 1.60. The Bertz CT molecular complexity index is 672. The molecule has 3 N–H and O–H groups in total. The van der Waals surface area contributed by atoms with Crippen molar-refractivity contribution in [3.8, 4) is 0 Å². The second kappa shape index (κ2) is 7.12. The summed E-state index contributed by atoms with van der Waals surface area (Å²) in [5.74, 6) is 0.336. The first-order valence-electron chi connectivity index (χ1n) is 9.95. The van der Waals surface area contributed by atoms with Gasteiger partial charge in [-0.3, -0.25) is 4.79 Å². The quantitative estimate of drug-likeness (QED) is 0.841. The number of anilines is 1. The van der Waals surface area contributed by atoms with E-state index in [4.69, 9.17) is 5.73 Å². The van der Waals surface area contributed by atoms with Gasteiger partial charge in [-0.25, -0.2) is 4.98 Å². The third-order valence-corrected chi connectivity index (χ3v) is 7.95. The average molecular weight is 380 g/mol. The maximum absolute atomic E-state index is 12.9. The van der Waals surface area contributed by atoms with Crippen LogP contribution in [0.1, 0.15) is 63.9 Å².